The molecule has 1 aliphatic rings. The van der Waals surface area contributed by atoms with Gasteiger partial charge in [0.2, 0.25) is 5.91 Å². The van der Waals surface area contributed by atoms with E-state index in [1.807, 2.05) is 41.3 Å². The average Bonchev–Trinajstić information content (AvgIpc) is 3.12. The van der Waals surface area contributed by atoms with Crippen LogP contribution in [-0.4, -0.2) is 31.6 Å². The molecule has 1 amide bonds. The molecular formula is C20H23NO3. The summed E-state index contributed by atoms with van der Waals surface area (Å²) < 4.78 is 10.6. The molecule has 1 fully saturated rings. The molecule has 0 radical (unpaired) electrons. The Hall–Kier alpha value is -2.49. The number of ether oxygens (including phenoxy) is 2. The van der Waals surface area contributed by atoms with Crippen molar-refractivity contribution in [2.24, 2.45) is 0 Å². The first-order chi connectivity index (χ1) is 11.7. The number of nitrogens with zero attached hydrogens (tertiary/aromatic N) is 1. The van der Waals surface area contributed by atoms with Crippen molar-refractivity contribution in [3.05, 3.63) is 59.7 Å². The second-order valence-electron chi connectivity index (χ2n) is 6.01. The molecule has 2 aromatic carbocycles. The van der Waals surface area contributed by atoms with Crippen molar-refractivity contribution in [1.82, 2.24) is 4.90 Å². The first-order valence-corrected chi connectivity index (χ1v) is 8.28. The maximum absolute atomic E-state index is 12.9. The van der Waals surface area contributed by atoms with Gasteiger partial charge in [-0.3, -0.25) is 4.79 Å². The third-order valence-corrected chi connectivity index (χ3v) is 4.59. The number of rotatable bonds is 5. The number of likely N-dealkylation sites (tertiary alicyclic amines) is 1. The zero-order valence-electron chi connectivity index (χ0n) is 14.2. The van der Waals surface area contributed by atoms with E-state index in [-0.39, 0.29) is 11.9 Å². The van der Waals surface area contributed by atoms with Gasteiger partial charge in [0.1, 0.15) is 11.5 Å². The summed E-state index contributed by atoms with van der Waals surface area (Å²) in [5.74, 6) is 1.56. The Balaban J connectivity index is 1.77. The van der Waals surface area contributed by atoms with E-state index in [2.05, 4.69) is 12.1 Å². The molecule has 0 spiro atoms. The molecule has 1 atom stereocenters. The van der Waals surface area contributed by atoms with Gasteiger partial charge < -0.3 is 14.4 Å². The van der Waals surface area contributed by atoms with Crippen molar-refractivity contribution in [2.45, 2.75) is 25.3 Å². The fraction of sp³-hybridized carbons (Fsp3) is 0.350. The van der Waals surface area contributed by atoms with E-state index in [0.29, 0.717) is 12.2 Å². The molecule has 1 saturated heterocycles. The predicted octanol–water partition coefficient (Wildman–Crippen LogP) is 3.61. The summed E-state index contributed by atoms with van der Waals surface area (Å²) in [6, 6.07) is 16.0. The van der Waals surface area contributed by atoms with Gasteiger partial charge in [-0.1, -0.05) is 36.4 Å². The first-order valence-electron chi connectivity index (χ1n) is 8.28. The fourth-order valence-corrected chi connectivity index (χ4v) is 3.35. The third-order valence-electron chi connectivity index (χ3n) is 4.59. The smallest absolute Gasteiger partial charge is 0.227 e. The molecule has 24 heavy (non-hydrogen) atoms. The van der Waals surface area contributed by atoms with Gasteiger partial charge in [-0.25, -0.2) is 0 Å². The molecule has 0 aliphatic carbocycles. The van der Waals surface area contributed by atoms with E-state index < -0.39 is 0 Å². The van der Waals surface area contributed by atoms with Crippen molar-refractivity contribution in [1.29, 1.82) is 0 Å². The molecule has 0 unspecified atom stereocenters. The Morgan fingerprint density at radius 2 is 1.92 bits per heavy atom. The van der Waals surface area contributed by atoms with E-state index in [1.165, 1.54) is 5.56 Å². The molecule has 4 heteroatoms. The summed E-state index contributed by atoms with van der Waals surface area (Å²) in [5, 5.41) is 0. The Morgan fingerprint density at radius 3 is 2.62 bits per heavy atom. The molecule has 1 aliphatic heterocycles. The second kappa shape index (κ2) is 7.39. The normalized spacial score (nSPS) is 16.9. The molecule has 126 valence electrons. The zero-order chi connectivity index (χ0) is 16.9. The molecule has 0 aromatic heterocycles. The summed E-state index contributed by atoms with van der Waals surface area (Å²) in [6.07, 6.45) is 2.41. The number of amides is 1. The van der Waals surface area contributed by atoms with E-state index in [9.17, 15) is 4.79 Å². The Kier molecular flexibility index (Phi) is 5.04. The minimum atomic E-state index is 0.143. The number of carbonyl (C=O) groups is 1. The van der Waals surface area contributed by atoms with Crippen LogP contribution in [0, 0.1) is 0 Å². The van der Waals surface area contributed by atoms with Crippen molar-refractivity contribution in [3.8, 4) is 11.5 Å². The van der Waals surface area contributed by atoms with Gasteiger partial charge in [0, 0.05) is 18.2 Å². The molecule has 0 bridgehead atoms. The molecule has 1 heterocycles. The quantitative estimate of drug-likeness (QED) is 0.843. The number of hydrogen-bond donors (Lipinski definition) is 0. The van der Waals surface area contributed by atoms with Gasteiger partial charge in [0.15, 0.2) is 0 Å². The summed E-state index contributed by atoms with van der Waals surface area (Å²) in [6.45, 7) is 0.816. The zero-order valence-corrected chi connectivity index (χ0v) is 14.2. The van der Waals surface area contributed by atoms with Crippen LogP contribution in [0.4, 0.5) is 0 Å². The first kappa shape index (κ1) is 16.4. The van der Waals surface area contributed by atoms with E-state index in [0.717, 1.165) is 30.7 Å². The lowest BCUT2D eigenvalue weighted by Gasteiger charge is -2.25. The fourth-order valence-electron chi connectivity index (χ4n) is 3.35. The molecule has 3 rings (SSSR count). The monoisotopic (exact) mass is 325 g/mol. The van der Waals surface area contributed by atoms with E-state index in [4.69, 9.17) is 9.47 Å². The third kappa shape index (κ3) is 3.37. The Bertz CT molecular complexity index is 699. The summed E-state index contributed by atoms with van der Waals surface area (Å²) in [4.78, 5) is 14.9. The van der Waals surface area contributed by atoms with Gasteiger partial charge in [0.05, 0.1) is 26.7 Å². The lowest BCUT2D eigenvalue weighted by atomic mass is 10.0. The standard InChI is InChI=1S/C20H23NO3/c1-23-17-11-10-16(19(14-17)24-2)13-20(22)21-12-6-9-18(21)15-7-4-3-5-8-15/h3-5,7-8,10-11,14,18H,6,9,12-13H2,1-2H3/t18-/m1/s1. The topological polar surface area (TPSA) is 38.8 Å². The van der Waals surface area contributed by atoms with Crippen LogP contribution in [0.3, 0.4) is 0 Å². The van der Waals surface area contributed by atoms with Crippen LogP contribution in [0.1, 0.15) is 30.0 Å². The average molecular weight is 325 g/mol. The molecular weight excluding hydrogens is 302 g/mol. The number of methoxy groups -OCH3 is 2. The van der Waals surface area contributed by atoms with Gasteiger partial charge >= 0.3 is 0 Å². The maximum Gasteiger partial charge on any atom is 0.227 e. The minimum Gasteiger partial charge on any atom is -0.497 e. The number of hydrogen-bond acceptors (Lipinski definition) is 3. The Labute approximate surface area is 143 Å². The van der Waals surface area contributed by atoms with E-state index >= 15 is 0 Å². The van der Waals surface area contributed by atoms with Crippen LogP contribution < -0.4 is 9.47 Å². The van der Waals surface area contributed by atoms with Crippen LogP contribution in [0.5, 0.6) is 11.5 Å². The molecule has 2 aromatic rings. The van der Waals surface area contributed by atoms with Gasteiger partial charge in [-0.15, -0.1) is 0 Å². The van der Waals surface area contributed by atoms with Crippen LogP contribution in [-0.2, 0) is 11.2 Å². The largest absolute Gasteiger partial charge is 0.497 e. The highest BCUT2D eigenvalue weighted by Crippen LogP contribution is 2.33. The van der Waals surface area contributed by atoms with Crippen molar-refractivity contribution in [3.63, 3.8) is 0 Å². The van der Waals surface area contributed by atoms with Gasteiger partial charge in [-0.2, -0.15) is 0 Å². The highest BCUT2D eigenvalue weighted by molar-refractivity contribution is 5.80. The summed E-state index contributed by atoms with van der Waals surface area (Å²) in [7, 11) is 3.24. The van der Waals surface area contributed by atoms with Gasteiger partial charge in [0.25, 0.3) is 0 Å². The molecule has 4 nitrogen and oxygen atoms in total. The lowest BCUT2D eigenvalue weighted by Crippen LogP contribution is -2.31. The van der Waals surface area contributed by atoms with Crippen LogP contribution in [0.15, 0.2) is 48.5 Å². The Morgan fingerprint density at radius 1 is 1.12 bits per heavy atom. The summed E-state index contributed by atoms with van der Waals surface area (Å²) >= 11 is 0. The van der Waals surface area contributed by atoms with Crippen molar-refractivity contribution >= 4 is 5.91 Å². The number of carbonyl (C=O) groups excluding carboxylic acids is 1. The minimum absolute atomic E-state index is 0.143. The van der Waals surface area contributed by atoms with Crippen molar-refractivity contribution in [2.75, 3.05) is 20.8 Å². The second-order valence-corrected chi connectivity index (χ2v) is 6.01. The number of benzene rings is 2. The maximum atomic E-state index is 12.9. The van der Waals surface area contributed by atoms with E-state index in [1.54, 1.807) is 14.2 Å². The predicted molar refractivity (Wildman–Crippen MR) is 93.4 cm³/mol. The molecule has 0 saturated carbocycles. The highest BCUT2D eigenvalue weighted by atomic mass is 16.5. The SMILES string of the molecule is COc1ccc(CC(=O)N2CCC[C@@H]2c2ccccc2)c(OC)c1. The van der Waals surface area contributed by atoms with Gasteiger partial charge in [-0.05, 0) is 24.5 Å². The summed E-state index contributed by atoms with van der Waals surface area (Å²) in [5.41, 5.74) is 2.10. The van der Waals surface area contributed by atoms with Crippen molar-refractivity contribution < 1.29 is 14.3 Å². The lowest BCUT2D eigenvalue weighted by molar-refractivity contribution is -0.131. The van der Waals surface area contributed by atoms with Crippen LogP contribution in [0.25, 0.3) is 0 Å². The van der Waals surface area contributed by atoms with Crippen LogP contribution in [0.2, 0.25) is 0 Å². The van der Waals surface area contributed by atoms with Crippen LogP contribution >= 0.6 is 0 Å². The molecule has 0 N–H and O–H groups in total. The highest BCUT2D eigenvalue weighted by Gasteiger charge is 2.30.